The summed E-state index contributed by atoms with van der Waals surface area (Å²) in [5, 5.41) is 0. The van der Waals surface area contributed by atoms with Crippen LogP contribution in [0, 0.1) is 11.3 Å². The second kappa shape index (κ2) is 4.89. The van der Waals surface area contributed by atoms with Crippen molar-refractivity contribution >= 4 is 0 Å². The second-order valence-corrected chi connectivity index (χ2v) is 6.36. The molecule has 2 unspecified atom stereocenters. The third-order valence-electron chi connectivity index (χ3n) is 4.13. The van der Waals surface area contributed by atoms with E-state index in [0.29, 0.717) is 17.4 Å². The summed E-state index contributed by atoms with van der Waals surface area (Å²) in [6.45, 7) is 8.58. The van der Waals surface area contributed by atoms with Crippen LogP contribution < -0.4 is 5.73 Å². The molecule has 2 heteroatoms. The molecule has 2 N–H and O–H groups in total. The molecule has 0 spiro atoms. The smallest absolute Gasteiger partial charge is 0.0229 e. The molecule has 2 nitrogen and oxygen atoms in total. The normalized spacial score (nSPS) is 35.2. The Morgan fingerprint density at radius 3 is 2.75 bits per heavy atom. The zero-order valence-electron chi connectivity index (χ0n) is 10.8. The fraction of sp³-hybridized carbons (Fsp3) is 0.857. The molecule has 1 heterocycles. The fourth-order valence-corrected chi connectivity index (χ4v) is 2.93. The standard InChI is InChI=1S/C14H26N2/c1-14(2)6-3-8-16(9-7-14)11-12-4-5-13(15)10-12/h4-5,12-13H,3,6-11,15H2,1-2H3. The van der Waals surface area contributed by atoms with Crippen LogP contribution in [0.3, 0.4) is 0 Å². The van der Waals surface area contributed by atoms with E-state index >= 15 is 0 Å². The van der Waals surface area contributed by atoms with Gasteiger partial charge in [-0.2, -0.15) is 0 Å². The summed E-state index contributed by atoms with van der Waals surface area (Å²) in [5.74, 6) is 0.705. The molecule has 0 radical (unpaired) electrons. The predicted molar refractivity (Wildman–Crippen MR) is 69.3 cm³/mol. The fourth-order valence-electron chi connectivity index (χ4n) is 2.93. The average Bonchev–Trinajstić information content (AvgIpc) is 2.52. The molecule has 0 aromatic carbocycles. The quantitative estimate of drug-likeness (QED) is 0.727. The van der Waals surface area contributed by atoms with Crippen LogP contribution in [-0.4, -0.2) is 30.6 Å². The molecule has 92 valence electrons. The van der Waals surface area contributed by atoms with Gasteiger partial charge in [0.2, 0.25) is 0 Å². The van der Waals surface area contributed by atoms with Gasteiger partial charge in [-0.15, -0.1) is 0 Å². The molecule has 0 aromatic rings. The van der Waals surface area contributed by atoms with Gasteiger partial charge >= 0.3 is 0 Å². The number of nitrogens with zero attached hydrogens (tertiary/aromatic N) is 1. The molecule has 1 aliphatic heterocycles. The topological polar surface area (TPSA) is 29.3 Å². The number of nitrogens with two attached hydrogens (primary N) is 1. The van der Waals surface area contributed by atoms with Crippen molar-refractivity contribution in [1.29, 1.82) is 0 Å². The molecule has 1 saturated heterocycles. The summed E-state index contributed by atoms with van der Waals surface area (Å²) in [7, 11) is 0. The summed E-state index contributed by atoms with van der Waals surface area (Å²) >= 11 is 0. The van der Waals surface area contributed by atoms with Crippen LogP contribution in [0.1, 0.15) is 39.5 Å². The van der Waals surface area contributed by atoms with E-state index in [1.165, 1.54) is 38.9 Å². The van der Waals surface area contributed by atoms with Gasteiger partial charge in [0.25, 0.3) is 0 Å². The van der Waals surface area contributed by atoms with Crippen LogP contribution in [0.4, 0.5) is 0 Å². The highest BCUT2D eigenvalue weighted by Crippen LogP contribution is 2.30. The zero-order valence-corrected chi connectivity index (χ0v) is 10.8. The van der Waals surface area contributed by atoms with E-state index in [-0.39, 0.29) is 0 Å². The third kappa shape index (κ3) is 3.33. The highest BCUT2D eigenvalue weighted by Gasteiger charge is 2.25. The molecule has 0 aromatic heterocycles. The van der Waals surface area contributed by atoms with Crippen LogP contribution in [0.25, 0.3) is 0 Å². The first-order chi connectivity index (χ1) is 7.55. The minimum Gasteiger partial charge on any atom is -0.324 e. The van der Waals surface area contributed by atoms with Crippen molar-refractivity contribution in [3.8, 4) is 0 Å². The van der Waals surface area contributed by atoms with Gasteiger partial charge in [0, 0.05) is 12.6 Å². The molecule has 2 aliphatic rings. The van der Waals surface area contributed by atoms with Gasteiger partial charge in [-0.1, -0.05) is 26.0 Å². The average molecular weight is 222 g/mol. The molecule has 1 aliphatic carbocycles. The first kappa shape index (κ1) is 12.1. The highest BCUT2D eigenvalue weighted by atomic mass is 15.1. The Bertz CT molecular complexity index is 257. The largest absolute Gasteiger partial charge is 0.324 e. The van der Waals surface area contributed by atoms with Gasteiger partial charge in [-0.05, 0) is 50.1 Å². The van der Waals surface area contributed by atoms with Crippen molar-refractivity contribution in [2.24, 2.45) is 17.1 Å². The Balaban J connectivity index is 1.80. The lowest BCUT2D eigenvalue weighted by molar-refractivity contribution is 0.239. The van der Waals surface area contributed by atoms with E-state index in [1.807, 2.05) is 0 Å². The molecule has 2 atom stereocenters. The van der Waals surface area contributed by atoms with Gasteiger partial charge in [0.1, 0.15) is 0 Å². The summed E-state index contributed by atoms with van der Waals surface area (Å²) < 4.78 is 0. The molecular weight excluding hydrogens is 196 g/mol. The van der Waals surface area contributed by atoms with E-state index in [1.54, 1.807) is 0 Å². The number of hydrogen-bond donors (Lipinski definition) is 1. The van der Waals surface area contributed by atoms with E-state index in [4.69, 9.17) is 5.73 Å². The van der Waals surface area contributed by atoms with Crippen LogP contribution >= 0.6 is 0 Å². The molecular formula is C14H26N2. The minimum atomic E-state index is 0.313. The van der Waals surface area contributed by atoms with Crippen LogP contribution in [-0.2, 0) is 0 Å². The van der Waals surface area contributed by atoms with E-state index < -0.39 is 0 Å². The lowest BCUT2D eigenvalue weighted by atomic mass is 9.85. The first-order valence-electron chi connectivity index (χ1n) is 6.71. The molecule has 16 heavy (non-hydrogen) atoms. The zero-order chi connectivity index (χ0) is 11.6. The van der Waals surface area contributed by atoms with E-state index in [0.717, 1.165) is 6.42 Å². The van der Waals surface area contributed by atoms with Crippen LogP contribution in [0.5, 0.6) is 0 Å². The second-order valence-electron chi connectivity index (χ2n) is 6.36. The minimum absolute atomic E-state index is 0.313. The van der Waals surface area contributed by atoms with Crippen LogP contribution in [0.2, 0.25) is 0 Å². The van der Waals surface area contributed by atoms with Gasteiger partial charge in [0.15, 0.2) is 0 Å². The molecule has 2 rings (SSSR count). The van der Waals surface area contributed by atoms with E-state index in [2.05, 4.69) is 30.9 Å². The third-order valence-corrected chi connectivity index (χ3v) is 4.13. The van der Waals surface area contributed by atoms with Crippen molar-refractivity contribution in [3.63, 3.8) is 0 Å². The Labute approximate surface area is 99.9 Å². The highest BCUT2D eigenvalue weighted by molar-refractivity contribution is 5.05. The van der Waals surface area contributed by atoms with Crippen molar-refractivity contribution in [1.82, 2.24) is 4.90 Å². The lowest BCUT2D eigenvalue weighted by Crippen LogP contribution is -2.31. The van der Waals surface area contributed by atoms with Gasteiger partial charge in [-0.25, -0.2) is 0 Å². The molecule has 0 amide bonds. The molecule has 1 fully saturated rings. The summed E-state index contributed by atoms with van der Waals surface area (Å²) in [6.07, 6.45) is 9.72. The van der Waals surface area contributed by atoms with Gasteiger partial charge < -0.3 is 10.6 Å². The maximum Gasteiger partial charge on any atom is 0.0229 e. The summed E-state index contributed by atoms with van der Waals surface area (Å²) in [5.41, 5.74) is 6.45. The maximum atomic E-state index is 5.90. The summed E-state index contributed by atoms with van der Waals surface area (Å²) in [6, 6.07) is 0.313. The Kier molecular flexibility index (Phi) is 3.70. The SMILES string of the molecule is CC1(C)CCCN(CC2C=CC(N)C2)CC1. The van der Waals surface area contributed by atoms with Gasteiger partial charge in [0.05, 0.1) is 0 Å². The van der Waals surface area contributed by atoms with Gasteiger partial charge in [-0.3, -0.25) is 0 Å². The first-order valence-corrected chi connectivity index (χ1v) is 6.71. The summed E-state index contributed by atoms with van der Waals surface area (Å²) in [4.78, 5) is 2.64. The van der Waals surface area contributed by atoms with Crippen molar-refractivity contribution < 1.29 is 0 Å². The monoisotopic (exact) mass is 222 g/mol. The van der Waals surface area contributed by atoms with Crippen molar-refractivity contribution in [2.45, 2.75) is 45.6 Å². The number of hydrogen-bond acceptors (Lipinski definition) is 2. The number of rotatable bonds is 2. The lowest BCUT2D eigenvalue weighted by Gasteiger charge is -2.25. The van der Waals surface area contributed by atoms with Crippen molar-refractivity contribution in [3.05, 3.63) is 12.2 Å². The van der Waals surface area contributed by atoms with Crippen molar-refractivity contribution in [2.75, 3.05) is 19.6 Å². The number of likely N-dealkylation sites (tertiary alicyclic amines) is 1. The Morgan fingerprint density at radius 1 is 1.25 bits per heavy atom. The molecule has 0 bridgehead atoms. The Hall–Kier alpha value is -0.340. The van der Waals surface area contributed by atoms with E-state index in [9.17, 15) is 0 Å². The van der Waals surface area contributed by atoms with Crippen LogP contribution in [0.15, 0.2) is 12.2 Å². The Morgan fingerprint density at radius 2 is 2.06 bits per heavy atom. The maximum absolute atomic E-state index is 5.90. The molecule has 0 saturated carbocycles. The predicted octanol–water partition coefficient (Wildman–Crippen LogP) is 2.40.